The number of carbonyl (C=O) groups is 2. The highest BCUT2D eigenvalue weighted by molar-refractivity contribution is 7.15. The van der Waals surface area contributed by atoms with Crippen LogP contribution in [0.1, 0.15) is 38.3 Å². The molecule has 1 aliphatic heterocycles. The fourth-order valence-corrected chi connectivity index (χ4v) is 3.04. The number of anilines is 1. The van der Waals surface area contributed by atoms with Gasteiger partial charge in [-0.05, 0) is 20.8 Å². The molecule has 2 rings (SSSR count). The predicted molar refractivity (Wildman–Crippen MR) is 78.8 cm³/mol. The van der Waals surface area contributed by atoms with Gasteiger partial charge in [0.2, 0.25) is 5.91 Å². The zero-order valence-electron chi connectivity index (χ0n) is 12.2. The molecule has 0 aliphatic carbocycles. The summed E-state index contributed by atoms with van der Waals surface area (Å²) in [7, 11) is 0. The van der Waals surface area contributed by atoms with E-state index in [0.29, 0.717) is 18.2 Å². The number of carbonyl (C=O) groups excluding carboxylic acids is 2. The number of aromatic nitrogens is 1. The Morgan fingerprint density at radius 2 is 2.05 bits per heavy atom. The van der Waals surface area contributed by atoms with Crippen LogP contribution in [0.3, 0.4) is 0 Å². The zero-order chi connectivity index (χ0) is 14.9. The molecule has 7 heteroatoms. The van der Waals surface area contributed by atoms with Crippen molar-refractivity contribution in [3.63, 3.8) is 0 Å². The molecule has 0 atom stereocenters. The van der Waals surface area contributed by atoms with Crippen molar-refractivity contribution < 1.29 is 9.59 Å². The summed E-state index contributed by atoms with van der Waals surface area (Å²) >= 11 is 1.44. The van der Waals surface area contributed by atoms with Crippen LogP contribution < -0.4 is 10.6 Å². The largest absolute Gasteiger partial charge is 0.333 e. The fraction of sp³-hybridized carbons (Fsp3) is 0.615. The lowest BCUT2D eigenvalue weighted by atomic mass is 10.1. The minimum atomic E-state index is -0.244. The van der Waals surface area contributed by atoms with E-state index in [9.17, 15) is 9.59 Å². The molecule has 3 amide bonds. The molecule has 0 saturated heterocycles. The Morgan fingerprint density at radius 1 is 1.35 bits per heavy atom. The molecule has 110 valence electrons. The predicted octanol–water partition coefficient (Wildman–Crippen LogP) is 1.97. The van der Waals surface area contributed by atoms with Gasteiger partial charge in [0.1, 0.15) is 0 Å². The van der Waals surface area contributed by atoms with Gasteiger partial charge in [-0.25, -0.2) is 9.78 Å². The number of rotatable bonds is 1. The van der Waals surface area contributed by atoms with Gasteiger partial charge in [-0.3, -0.25) is 4.79 Å². The first-order valence-electron chi connectivity index (χ1n) is 6.58. The Labute approximate surface area is 122 Å². The maximum Gasteiger partial charge on any atom is 0.318 e. The summed E-state index contributed by atoms with van der Waals surface area (Å²) in [4.78, 5) is 30.4. The van der Waals surface area contributed by atoms with E-state index in [1.54, 1.807) is 4.90 Å². The van der Waals surface area contributed by atoms with Crippen molar-refractivity contribution in [2.45, 2.75) is 46.2 Å². The molecule has 2 heterocycles. The molecule has 1 aromatic rings. The van der Waals surface area contributed by atoms with E-state index in [0.717, 1.165) is 17.0 Å². The van der Waals surface area contributed by atoms with Crippen LogP contribution in [0.4, 0.5) is 9.93 Å². The van der Waals surface area contributed by atoms with Gasteiger partial charge in [-0.15, -0.1) is 0 Å². The fourth-order valence-electron chi connectivity index (χ4n) is 1.97. The first-order chi connectivity index (χ1) is 9.24. The van der Waals surface area contributed by atoms with Gasteiger partial charge in [-0.1, -0.05) is 11.3 Å². The van der Waals surface area contributed by atoms with Crippen molar-refractivity contribution in [1.29, 1.82) is 0 Å². The van der Waals surface area contributed by atoms with E-state index in [4.69, 9.17) is 0 Å². The monoisotopic (exact) mass is 296 g/mol. The SMILES string of the molecule is CC(=O)Nc1nc2c(s1)CN(C(=O)NC(C)(C)C)CC2. The summed E-state index contributed by atoms with van der Waals surface area (Å²) in [6, 6.07) is -0.0578. The van der Waals surface area contributed by atoms with Gasteiger partial charge in [0.25, 0.3) is 0 Å². The third kappa shape index (κ3) is 3.69. The second-order valence-corrected chi connectivity index (χ2v) is 7.01. The Bertz CT molecular complexity index is 533. The number of nitrogens with one attached hydrogen (secondary N) is 2. The van der Waals surface area contributed by atoms with E-state index in [-0.39, 0.29) is 17.5 Å². The first-order valence-corrected chi connectivity index (χ1v) is 7.39. The molecule has 1 aromatic heterocycles. The summed E-state index contributed by atoms with van der Waals surface area (Å²) in [5.74, 6) is -0.126. The number of urea groups is 1. The summed E-state index contributed by atoms with van der Waals surface area (Å²) < 4.78 is 0. The van der Waals surface area contributed by atoms with E-state index >= 15 is 0 Å². The van der Waals surface area contributed by atoms with Crippen molar-refractivity contribution in [2.24, 2.45) is 0 Å². The lowest BCUT2D eigenvalue weighted by Crippen LogP contribution is -2.49. The third-order valence-electron chi connectivity index (χ3n) is 2.78. The second-order valence-electron chi connectivity index (χ2n) is 5.92. The molecule has 0 aromatic carbocycles. The topological polar surface area (TPSA) is 74.3 Å². The molecule has 0 spiro atoms. The Balaban J connectivity index is 2.05. The Hall–Kier alpha value is -1.63. The number of fused-ring (bicyclic) bond motifs is 1. The minimum Gasteiger partial charge on any atom is -0.333 e. The number of hydrogen-bond donors (Lipinski definition) is 2. The standard InChI is InChI=1S/C13H20N4O2S/c1-8(18)14-11-15-9-5-6-17(7-10(9)20-11)12(19)16-13(2,3)4/h5-7H2,1-4H3,(H,16,19)(H,14,15,18). The smallest absolute Gasteiger partial charge is 0.318 e. The van der Waals surface area contributed by atoms with Crippen molar-refractivity contribution in [3.05, 3.63) is 10.6 Å². The normalized spacial score (nSPS) is 14.7. The number of nitrogens with zero attached hydrogens (tertiary/aromatic N) is 2. The van der Waals surface area contributed by atoms with Crippen molar-refractivity contribution in [2.75, 3.05) is 11.9 Å². The molecule has 20 heavy (non-hydrogen) atoms. The Kier molecular flexibility index (Phi) is 3.99. The lowest BCUT2D eigenvalue weighted by Gasteiger charge is -2.30. The van der Waals surface area contributed by atoms with Crippen LogP contribution in [0, 0.1) is 0 Å². The van der Waals surface area contributed by atoms with E-state index in [2.05, 4.69) is 15.6 Å². The second kappa shape index (κ2) is 5.40. The number of amides is 3. The van der Waals surface area contributed by atoms with Crippen LogP contribution in [0.25, 0.3) is 0 Å². The van der Waals surface area contributed by atoms with Crippen LogP contribution in [0.2, 0.25) is 0 Å². The maximum atomic E-state index is 12.1. The molecule has 0 fully saturated rings. The quantitative estimate of drug-likeness (QED) is 0.832. The molecule has 1 aliphatic rings. The molecule has 0 radical (unpaired) electrons. The highest BCUT2D eigenvalue weighted by atomic mass is 32.1. The third-order valence-corrected chi connectivity index (χ3v) is 3.78. The zero-order valence-corrected chi connectivity index (χ0v) is 13.1. The van der Waals surface area contributed by atoms with Gasteiger partial charge < -0.3 is 15.5 Å². The lowest BCUT2D eigenvalue weighted by molar-refractivity contribution is -0.114. The summed E-state index contributed by atoms with van der Waals surface area (Å²) in [5.41, 5.74) is 0.741. The molecule has 0 unspecified atom stereocenters. The molecule has 2 N–H and O–H groups in total. The van der Waals surface area contributed by atoms with Crippen LogP contribution >= 0.6 is 11.3 Å². The average Bonchev–Trinajstić information content (AvgIpc) is 2.66. The van der Waals surface area contributed by atoms with E-state index < -0.39 is 0 Å². The highest BCUT2D eigenvalue weighted by Gasteiger charge is 2.26. The van der Waals surface area contributed by atoms with Gasteiger partial charge >= 0.3 is 6.03 Å². The summed E-state index contributed by atoms with van der Waals surface area (Å²) in [6.45, 7) is 8.54. The Morgan fingerprint density at radius 3 is 2.65 bits per heavy atom. The van der Waals surface area contributed by atoms with E-state index in [1.165, 1.54) is 18.3 Å². The van der Waals surface area contributed by atoms with Crippen LogP contribution in [0.15, 0.2) is 0 Å². The molecule has 0 saturated carbocycles. The van der Waals surface area contributed by atoms with Crippen LogP contribution in [0.5, 0.6) is 0 Å². The number of hydrogen-bond acceptors (Lipinski definition) is 4. The molecular formula is C13H20N4O2S. The van der Waals surface area contributed by atoms with Gasteiger partial charge in [0.05, 0.1) is 12.2 Å². The average molecular weight is 296 g/mol. The van der Waals surface area contributed by atoms with Gasteiger partial charge in [-0.2, -0.15) is 0 Å². The van der Waals surface area contributed by atoms with E-state index in [1.807, 2.05) is 20.8 Å². The summed E-state index contributed by atoms with van der Waals surface area (Å²) in [6.07, 6.45) is 0.725. The van der Waals surface area contributed by atoms with Crippen molar-refractivity contribution in [3.8, 4) is 0 Å². The molecule has 6 nitrogen and oxygen atoms in total. The van der Waals surface area contributed by atoms with Gasteiger partial charge in [0.15, 0.2) is 5.13 Å². The first kappa shape index (κ1) is 14.8. The number of thiazole rings is 1. The highest BCUT2D eigenvalue weighted by Crippen LogP contribution is 2.28. The van der Waals surface area contributed by atoms with Crippen molar-refractivity contribution >= 4 is 28.4 Å². The van der Waals surface area contributed by atoms with Crippen molar-refractivity contribution in [1.82, 2.24) is 15.2 Å². The van der Waals surface area contributed by atoms with Crippen LogP contribution in [-0.4, -0.2) is 33.9 Å². The van der Waals surface area contributed by atoms with Gasteiger partial charge in [0, 0.05) is 30.3 Å². The van der Waals surface area contributed by atoms with Crippen LogP contribution in [-0.2, 0) is 17.8 Å². The maximum absolute atomic E-state index is 12.1. The summed E-state index contributed by atoms with van der Waals surface area (Å²) in [5, 5.41) is 6.27. The molecule has 0 bridgehead atoms. The minimum absolute atomic E-state index is 0.0578. The molecular weight excluding hydrogens is 276 g/mol.